The Kier molecular flexibility index (Phi) is 38.3. The molecule has 109 heavy (non-hydrogen) atoms. The molecule has 588 valence electrons. The molecule has 0 bridgehead atoms. The summed E-state index contributed by atoms with van der Waals surface area (Å²) < 4.78 is 60.8. The summed E-state index contributed by atoms with van der Waals surface area (Å²) in [5.41, 5.74) is 5.33. The first-order chi connectivity index (χ1) is 53.8. The van der Waals surface area contributed by atoms with Crippen LogP contribution in [-0.2, 0) is 46.7 Å². The second-order valence-electron chi connectivity index (χ2n) is 28.4. The van der Waals surface area contributed by atoms with Crippen molar-refractivity contribution >= 4 is 0 Å². The minimum Gasteiger partial charge on any atom is -0.492 e. The third kappa shape index (κ3) is 34.0. The summed E-state index contributed by atoms with van der Waals surface area (Å²) in [6.07, 6.45) is 28.9. The van der Waals surface area contributed by atoms with Crippen LogP contribution in [0.4, 0.5) is 8.78 Å². The lowest BCUT2D eigenvalue weighted by Crippen LogP contribution is -2.60. The number of piperazine rings is 5. The lowest BCUT2D eigenvalue weighted by Gasteiger charge is -2.36. The van der Waals surface area contributed by atoms with Crippen LogP contribution < -0.4 is 67.4 Å². The third-order valence-electron chi connectivity index (χ3n) is 19.2. The van der Waals surface area contributed by atoms with Crippen LogP contribution >= 0.6 is 0 Å². The van der Waals surface area contributed by atoms with Gasteiger partial charge in [0.15, 0.2) is 0 Å². The Labute approximate surface area is 642 Å². The van der Waals surface area contributed by atoms with E-state index >= 15 is 0 Å². The number of piperidine rings is 1. The molecular formula is C83H115F2N17O7. The zero-order valence-electron chi connectivity index (χ0n) is 63.0. The van der Waals surface area contributed by atoms with Crippen LogP contribution in [-0.4, -0.2) is 238 Å². The first-order valence-corrected chi connectivity index (χ1v) is 38.9. The highest BCUT2D eigenvalue weighted by atomic mass is 19.1. The number of nitrogens with one attached hydrogen (secondary N) is 10. The van der Waals surface area contributed by atoms with Gasteiger partial charge >= 0.3 is 0 Å². The quantitative estimate of drug-likeness (QED) is 0.0226. The molecule has 11 N–H and O–H groups in total. The van der Waals surface area contributed by atoms with E-state index in [4.69, 9.17) is 33.5 Å². The van der Waals surface area contributed by atoms with Gasteiger partial charge in [0, 0.05) is 188 Å². The molecule has 10 unspecified atom stereocenters. The van der Waals surface area contributed by atoms with Crippen LogP contribution in [0.15, 0.2) is 196 Å². The first-order valence-electron chi connectivity index (χ1n) is 38.9. The average molecular weight is 1500 g/mol. The van der Waals surface area contributed by atoms with Crippen molar-refractivity contribution in [2.45, 2.75) is 125 Å². The zero-order valence-corrected chi connectivity index (χ0v) is 63.0. The molecular weight excluding hydrogens is 1390 g/mol. The number of nitrogens with zero attached hydrogens (tertiary/aromatic N) is 7. The van der Waals surface area contributed by atoms with E-state index in [9.17, 15) is 8.78 Å². The molecule has 6 aliphatic heterocycles. The Bertz CT molecular complexity index is 3540. The molecule has 6 aliphatic rings. The van der Waals surface area contributed by atoms with Gasteiger partial charge in [-0.25, -0.2) is 8.78 Å². The Hall–Kier alpha value is -8.00. The van der Waals surface area contributed by atoms with Crippen LogP contribution in [0.5, 0.6) is 17.2 Å². The second-order valence-corrected chi connectivity index (χ2v) is 28.4. The molecule has 26 heteroatoms. The molecule has 12 heterocycles. The van der Waals surface area contributed by atoms with Crippen molar-refractivity contribution in [3.63, 3.8) is 0 Å². The maximum absolute atomic E-state index is 13.2. The molecule has 0 spiro atoms. The normalized spacial score (nSPS) is 22.7. The lowest BCUT2D eigenvalue weighted by molar-refractivity contribution is 0.0832. The summed E-state index contributed by atoms with van der Waals surface area (Å²) in [5.74, 6) is 1.35. The van der Waals surface area contributed by atoms with E-state index in [1.807, 2.05) is 147 Å². The van der Waals surface area contributed by atoms with Crippen LogP contribution in [0.2, 0.25) is 0 Å². The molecule has 0 radical (unpaired) electrons. The SMILES string of the molecule is Fc1cc(F)cc(COCC2CNCC(CCc3ccncc3)N2)c1.OCC1CNCC(COc2ccccc2)N1.c1cc(COCC2CNCC(CN3CCCCC3)N2)ccn1.c1ccc(CCOCC2CNCC(COc3cccnc3)N2)nc1.c1cncc(CCC2CNCC(COc3cccnc3)N2)c1. The number of hydrogen-bond donors (Lipinski definition) is 11. The van der Waals surface area contributed by atoms with Crippen molar-refractivity contribution in [1.29, 1.82) is 0 Å². The third-order valence-corrected chi connectivity index (χ3v) is 19.2. The van der Waals surface area contributed by atoms with Gasteiger partial charge in [0.25, 0.3) is 0 Å². The summed E-state index contributed by atoms with van der Waals surface area (Å²) in [4.78, 5) is 27.2. The predicted octanol–water partition coefficient (Wildman–Crippen LogP) is 5.90. The molecule has 10 atom stereocenters. The maximum Gasteiger partial charge on any atom is 0.137 e. The van der Waals surface area contributed by atoms with Gasteiger partial charge in [-0.05, 0) is 165 Å². The fourth-order valence-electron chi connectivity index (χ4n) is 13.6. The van der Waals surface area contributed by atoms with E-state index in [1.54, 1.807) is 24.8 Å². The van der Waals surface area contributed by atoms with Crippen molar-refractivity contribution in [2.24, 2.45) is 0 Å². The summed E-state index contributed by atoms with van der Waals surface area (Å²) in [6, 6.07) is 42.3. The number of aliphatic hydroxyl groups is 1. The number of likely N-dealkylation sites (tertiary alicyclic amines) is 1. The van der Waals surface area contributed by atoms with Crippen LogP contribution in [0.25, 0.3) is 0 Å². The Morgan fingerprint density at radius 1 is 0.367 bits per heavy atom. The average Bonchev–Trinajstić information content (AvgIpc) is 0.903. The van der Waals surface area contributed by atoms with Crippen molar-refractivity contribution < 1.29 is 42.3 Å². The van der Waals surface area contributed by atoms with Crippen LogP contribution in [0.1, 0.15) is 60.1 Å². The number of aryl methyl sites for hydroxylation is 2. The molecule has 2 aromatic carbocycles. The number of para-hydroxylation sites is 1. The molecule has 24 nitrogen and oxygen atoms in total. The van der Waals surface area contributed by atoms with Gasteiger partial charge in [0.05, 0.1) is 76.8 Å². The smallest absolute Gasteiger partial charge is 0.137 e. The molecule has 6 aromatic heterocycles. The maximum atomic E-state index is 13.2. The molecule has 0 aliphatic carbocycles. The highest BCUT2D eigenvalue weighted by Gasteiger charge is 2.27. The standard InChI is InChI=1S/C19H23F2N3O.C18H24N4O2.C17H22N4O.C17H28N4O.C12H18N2O2/c20-16-7-15(8-17(21)9-16)12-25-13-19-11-23-10-18(24-19)2-1-14-3-5-22-6-4-14;1-2-8-21-15(4-1)6-9-23-13-16-10-20-11-17(22-16)14-24-18-5-3-7-19-12-18;1-3-14(9-18-7-1)5-6-15-10-20-11-16(21-15)13-22-17-4-2-8-19-12-17;1-2-8-21(9-3-1)12-16-10-19-11-17(20-16)14-22-13-15-4-6-18-7-5-15;15-8-10-6-13-7-11(14-10)9-16-12-4-2-1-3-5-12/h3-9,18-19,23-24H,1-2,10-13H2;1-5,7-8,12,16-17,20,22H,6,9-11,13-14H2;1-4,7-9,12,15-16,20-21H,5-6,10-11,13H2;4-7,16-17,19-20H,1-3,8-14H2;1-5,10-11,13-15H,6-9H2. The fourth-order valence-corrected chi connectivity index (χ4v) is 13.6. The summed E-state index contributed by atoms with van der Waals surface area (Å²) in [7, 11) is 0. The van der Waals surface area contributed by atoms with Gasteiger partial charge in [0.2, 0.25) is 0 Å². The molecule has 0 saturated carbocycles. The monoisotopic (exact) mass is 1500 g/mol. The number of ether oxygens (including phenoxy) is 6. The number of rotatable bonds is 31. The number of pyridine rings is 6. The summed E-state index contributed by atoms with van der Waals surface area (Å²) in [5, 5.41) is 44.1. The van der Waals surface area contributed by atoms with E-state index in [1.165, 1.54) is 61.2 Å². The molecule has 8 aromatic rings. The number of aromatic nitrogens is 6. The highest BCUT2D eigenvalue weighted by molar-refractivity contribution is 5.22. The number of benzene rings is 2. The van der Waals surface area contributed by atoms with Gasteiger partial charge in [-0.1, -0.05) is 36.8 Å². The second kappa shape index (κ2) is 50.0. The molecule has 6 saturated heterocycles. The Morgan fingerprint density at radius 2 is 0.817 bits per heavy atom. The molecule has 14 rings (SSSR count). The first kappa shape index (κ1) is 83.5. The van der Waals surface area contributed by atoms with Crippen molar-refractivity contribution in [1.82, 2.24) is 88.0 Å². The number of aliphatic hydroxyl groups excluding tert-OH is 1. The highest BCUT2D eigenvalue weighted by Crippen LogP contribution is 2.16. The summed E-state index contributed by atoms with van der Waals surface area (Å²) >= 11 is 0. The van der Waals surface area contributed by atoms with Gasteiger partial charge in [-0.2, -0.15) is 0 Å². The molecule has 0 amide bonds. The predicted molar refractivity (Wildman–Crippen MR) is 420 cm³/mol. The fraction of sp³-hybridized carbons (Fsp3) is 0.494. The van der Waals surface area contributed by atoms with Crippen molar-refractivity contribution in [3.05, 3.63) is 235 Å². The van der Waals surface area contributed by atoms with E-state index in [0.717, 1.165) is 140 Å². The van der Waals surface area contributed by atoms with Crippen LogP contribution in [0, 0.1) is 11.6 Å². The van der Waals surface area contributed by atoms with Gasteiger partial charge in [-0.3, -0.25) is 29.9 Å². The van der Waals surface area contributed by atoms with E-state index < -0.39 is 11.6 Å². The topological polar surface area (TPSA) is 276 Å². The van der Waals surface area contributed by atoms with Gasteiger partial charge < -0.3 is 91.6 Å². The minimum absolute atomic E-state index is 0.137. The van der Waals surface area contributed by atoms with Crippen molar-refractivity contribution in [2.75, 3.05) is 138 Å². The number of hydrogen-bond acceptors (Lipinski definition) is 24. The zero-order chi connectivity index (χ0) is 75.2. The summed E-state index contributed by atoms with van der Waals surface area (Å²) in [6.45, 7) is 18.5. The van der Waals surface area contributed by atoms with E-state index in [0.29, 0.717) is 88.1 Å². The number of halogens is 2. The Morgan fingerprint density at radius 3 is 1.35 bits per heavy atom. The van der Waals surface area contributed by atoms with E-state index in [-0.39, 0.29) is 37.4 Å². The van der Waals surface area contributed by atoms with Gasteiger partial charge in [-0.15, -0.1) is 0 Å². The minimum atomic E-state index is -0.577. The Balaban J connectivity index is 0.000000146. The largest absolute Gasteiger partial charge is 0.492 e. The van der Waals surface area contributed by atoms with Gasteiger partial charge in [0.1, 0.15) is 48.7 Å². The van der Waals surface area contributed by atoms with Crippen LogP contribution in [0.3, 0.4) is 0 Å². The lowest BCUT2D eigenvalue weighted by atomic mass is 10.0. The molecule has 6 fully saturated rings. The van der Waals surface area contributed by atoms with E-state index in [2.05, 4.69) is 94.0 Å². The van der Waals surface area contributed by atoms with Crippen molar-refractivity contribution in [3.8, 4) is 17.2 Å².